The molecule has 1 heterocycles. The van der Waals surface area contributed by atoms with Gasteiger partial charge in [-0.2, -0.15) is 0 Å². The monoisotopic (exact) mass is 237 g/mol. The minimum Gasteiger partial charge on any atom is -0.360 e. The Kier molecular flexibility index (Phi) is 3.46. The molecule has 84 valence electrons. The number of nitrogens with zero attached hydrogens (tertiary/aromatic N) is 2. The third kappa shape index (κ3) is 2.36. The highest BCUT2D eigenvalue weighted by Crippen LogP contribution is 2.27. The summed E-state index contributed by atoms with van der Waals surface area (Å²) in [4.78, 5) is 0. The van der Waals surface area contributed by atoms with Crippen molar-refractivity contribution in [3.8, 4) is 10.6 Å². The van der Waals surface area contributed by atoms with Gasteiger partial charge >= 0.3 is 0 Å². The summed E-state index contributed by atoms with van der Waals surface area (Å²) in [5.41, 5.74) is 0.504. The van der Waals surface area contributed by atoms with Gasteiger partial charge in [0.25, 0.3) is 0 Å². The van der Waals surface area contributed by atoms with Gasteiger partial charge in [0.05, 0.1) is 0 Å². The van der Waals surface area contributed by atoms with E-state index in [-0.39, 0.29) is 5.82 Å². The first-order valence-corrected chi connectivity index (χ1v) is 5.95. The van der Waals surface area contributed by atoms with E-state index in [1.807, 2.05) is 0 Å². The van der Waals surface area contributed by atoms with Gasteiger partial charge in [0.2, 0.25) is 5.13 Å². The van der Waals surface area contributed by atoms with Crippen molar-refractivity contribution in [1.29, 1.82) is 0 Å². The summed E-state index contributed by atoms with van der Waals surface area (Å²) in [6.45, 7) is 2.93. The molecule has 1 aromatic heterocycles. The average molecular weight is 237 g/mol. The Morgan fingerprint density at radius 1 is 1.31 bits per heavy atom. The van der Waals surface area contributed by atoms with Crippen LogP contribution in [0, 0.1) is 5.82 Å². The van der Waals surface area contributed by atoms with Crippen LogP contribution in [0.3, 0.4) is 0 Å². The van der Waals surface area contributed by atoms with Crippen LogP contribution in [0.4, 0.5) is 9.52 Å². The highest BCUT2D eigenvalue weighted by Gasteiger charge is 2.09. The van der Waals surface area contributed by atoms with Gasteiger partial charge in [0.15, 0.2) is 5.01 Å². The molecule has 1 N–H and O–H groups in total. The standard InChI is InChI=1S/C11H12FN3S/c1-2-7-13-11-15-14-10(16-11)8-5-3-4-6-9(8)12/h3-6H,2,7H2,1H3,(H,13,15). The molecule has 2 rings (SSSR count). The largest absolute Gasteiger partial charge is 0.360 e. The van der Waals surface area contributed by atoms with Crippen LogP contribution in [0.15, 0.2) is 24.3 Å². The molecule has 0 aliphatic carbocycles. The van der Waals surface area contributed by atoms with E-state index in [1.54, 1.807) is 18.2 Å². The van der Waals surface area contributed by atoms with Crippen molar-refractivity contribution >= 4 is 16.5 Å². The van der Waals surface area contributed by atoms with E-state index in [9.17, 15) is 4.39 Å². The first-order chi connectivity index (χ1) is 7.81. The quantitative estimate of drug-likeness (QED) is 0.887. The van der Waals surface area contributed by atoms with Crippen molar-refractivity contribution in [2.24, 2.45) is 0 Å². The lowest BCUT2D eigenvalue weighted by Gasteiger charge is -1.97. The molecule has 5 heteroatoms. The van der Waals surface area contributed by atoms with Crippen LogP contribution in [0.2, 0.25) is 0 Å². The van der Waals surface area contributed by atoms with Crippen molar-refractivity contribution in [2.75, 3.05) is 11.9 Å². The second-order valence-electron chi connectivity index (χ2n) is 3.32. The molecule has 0 atom stereocenters. The van der Waals surface area contributed by atoms with Crippen molar-refractivity contribution < 1.29 is 4.39 Å². The lowest BCUT2D eigenvalue weighted by Crippen LogP contribution is -1.98. The summed E-state index contributed by atoms with van der Waals surface area (Å²) >= 11 is 1.37. The Hall–Kier alpha value is -1.49. The molecule has 0 unspecified atom stereocenters. The van der Waals surface area contributed by atoms with Crippen LogP contribution < -0.4 is 5.32 Å². The maximum absolute atomic E-state index is 13.5. The molecular weight excluding hydrogens is 225 g/mol. The maximum atomic E-state index is 13.5. The summed E-state index contributed by atoms with van der Waals surface area (Å²) in [6, 6.07) is 6.59. The molecule has 0 saturated carbocycles. The average Bonchev–Trinajstić information content (AvgIpc) is 2.75. The van der Waals surface area contributed by atoms with E-state index in [4.69, 9.17) is 0 Å². The Morgan fingerprint density at radius 3 is 2.88 bits per heavy atom. The Morgan fingerprint density at radius 2 is 2.12 bits per heavy atom. The molecule has 0 aliphatic rings. The minimum absolute atomic E-state index is 0.263. The van der Waals surface area contributed by atoms with E-state index in [2.05, 4.69) is 22.4 Å². The van der Waals surface area contributed by atoms with Crippen LogP contribution in [0.1, 0.15) is 13.3 Å². The van der Waals surface area contributed by atoms with Crippen molar-refractivity contribution in [2.45, 2.75) is 13.3 Å². The van der Waals surface area contributed by atoms with Gasteiger partial charge in [-0.25, -0.2) is 4.39 Å². The van der Waals surface area contributed by atoms with Crippen molar-refractivity contribution in [3.63, 3.8) is 0 Å². The number of hydrogen-bond acceptors (Lipinski definition) is 4. The number of rotatable bonds is 4. The number of aromatic nitrogens is 2. The number of benzene rings is 1. The van der Waals surface area contributed by atoms with Gasteiger partial charge in [0, 0.05) is 12.1 Å². The fourth-order valence-corrected chi connectivity index (χ4v) is 2.07. The summed E-state index contributed by atoms with van der Waals surface area (Å²) in [6.07, 6.45) is 1.02. The molecule has 0 aliphatic heterocycles. The highest BCUT2D eigenvalue weighted by atomic mass is 32.1. The maximum Gasteiger partial charge on any atom is 0.206 e. The molecule has 0 bridgehead atoms. The highest BCUT2D eigenvalue weighted by molar-refractivity contribution is 7.18. The van der Waals surface area contributed by atoms with Crippen LogP contribution >= 0.6 is 11.3 Å². The van der Waals surface area contributed by atoms with Crippen LogP contribution in [-0.2, 0) is 0 Å². The first kappa shape index (κ1) is 11.0. The Labute approximate surface area is 97.3 Å². The molecule has 0 radical (unpaired) electrons. The summed E-state index contributed by atoms with van der Waals surface area (Å²) in [7, 11) is 0. The summed E-state index contributed by atoms with van der Waals surface area (Å²) in [5, 5.41) is 12.4. The smallest absolute Gasteiger partial charge is 0.206 e. The molecule has 0 spiro atoms. The van der Waals surface area contributed by atoms with Crippen molar-refractivity contribution in [3.05, 3.63) is 30.1 Å². The van der Waals surface area contributed by atoms with E-state index < -0.39 is 0 Å². The fraction of sp³-hybridized carbons (Fsp3) is 0.273. The van der Waals surface area contributed by atoms with Gasteiger partial charge in [-0.15, -0.1) is 10.2 Å². The zero-order valence-electron chi connectivity index (χ0n) is 8.90. The van der Waals surface area contributed by atoms with Crippen LogP contribution in [0.25, 0.3) is 10.6 Å². The zero-order chi connectivity index (χ0) is 11.4. The predicted molar refractivity (Wildman–Crippen MR) is 64.1 cm³/mol. The van der Waals surface area contributed by atoms with Gasteiger partial charge in [0.1, 0.15) is 5.82 Å². The fourth-order valence-electron chi connectivity index (χ4n) is 1.27. The molecule has 16 heavy (non-hydrogen) atoms. The molecule has 0 fully saturated rings. The van der Waals surface area contributed by atoms with E-state index >= 15 is 0 Å². The number of hydrogen-bond donors (Lipinski definition) is 1. The van der Waals surface area contributed by atoms with E-state index in [0.29, 0.717) is 10.6 Å². The molecule has 3 nitrogen and oxygen atoms in total. The number of nitrogens with one attached hydrogen (secondary N) is 1. The third-order valence-electron chi connectivity index (χ3n) is 2.06. The lowest BCUT2D eigenvalue weighted by molar-refractivity contribution is 0.631. The van der Waals surface area contributed by atoms with E-state index in [1.165, 1.54) is 17.4 Å². The van der Waals surface area contributed by atoms with Gasteiger partial charge in [-0.05, 0) is 18.6 Å². The Balaban J connectivity index is 2.22. The van der Waals surface area contributed by atoms with Gasteiger partial charge < -0.3 is 5.32 Å². The van der Waals surface area contributed by atoms with E-state index in [0.717, 1.165) is 18.1 Å². The molecule has 2 aromatic rings. The van der Waals surface area contributed by atoms with Gasteiger partial charge in [-0.3, -0.25) is 0 Å². The third-order valence-corrected chi connectivity index (χ3v) is 2.97. The molecular formula is C11H12FN3S. The normalized spacial score (nSPS) is 10.4. The topological polar surface area (TPSA) is 37.8 Å². The summed E-state index contributed by atoms with van der Waals surface area (Å²) < 4.78 is 13.5. The van der Waals surface area contributed by atoms with Gasteiger partial charge in [-0.1, -0.05) is 30.4 Å². The first-order valence-electron chi connectivity index (χ1n) is 5.13. The van der Waals surface area contributed by atoms with Crippen LogP contribution in [0.5, 0.6) is 0 Å². The minimum atomic E-state index is -0.263. The zero-order valence-corrected chi connectivity index (χ0v) is 9.72. The Bertz CT molecular complexity index is 470. The molecule has 0 amide bonds. The molecule has 0 saturated heterocycles. The van der Waals surface area contributed by atoms with Crippen molar-refractivity contribution in [1.82, 2.24) is 10.2 Å². The second kappa shape index (κ2) is 5.03. The SMILES string of the molecule is CCCNc1nnc(-c2ccccc2F)s1. The number of halogens is 1. The van der Waals surface area contributed by atoms with Crippen LogP contribution in [-0.4, -0.2) is 16.7 Å². The molecule has 1 aromatic carbocycles. The predicted octanol–water partition coefficient (Wildman–Crippen LogP) is 3.17. The second-order valence-corrected chi connectivity index (χ2v) is 4.30. The lowest BCUT2D eigenvalue weighted by atomic mass is 10.2. The summed E-state index contributed by atoms with van der Waals surface area (Å²) in [5.74, 6) is -0.263. The number of anilines is 1.